The monoisotopic (exact) mass is 281 g/mol. The topological polar surface area (TPSA) is 47.7 Å². The summed E-state index contributed by atoms with van der Waals surface area (Å²) in [6.45, 7) is 6.53. The van der Waals surface area contributed by atoms with Crippen molar-refractivity contribution >= 4 is 11.6 Å². The maximum Gasteiger partial charge on any atom is 0.123 e. The Kier molecular flexibility index (Phi) is 4.61. The Morgan fingerprint density at radius 3 is 2.79 bits per heavy atom. The maximum atomic E-state index is 6.37. The average molecular weight is 282 g/mol. The minimum Gasteiger partial charge on any atom is -0.328 e. The van der Waals surface area contributed by atoms with Crippen LogP contribution in [0.4, 0.5) is 0 Å². The van der Waals surface area contributed by atoms with E-state index in [1.807, 2.05) is 24.1 Å². The molecule has 6 heteroatoms. The summed E-state index contributed by atoms with van der Waals surface area (Å²) >= 11 is 6.37. The lowest BCUT2D eigenvalue weighted by atomic mass is 10.3. The van der Waals surface area contributed by atoms with Gasteiger partial charge in [0.05, 0.1) is 29.5 Å². The van der Waals surface area contributed by atoms with Crippen LogP contribution in [0, 0.1) is 0 Å². The number of nitrogens with one attached hydrogen (secondary N) is 1. The van der Waals surface area contributed by atoms with Gasteiger partial charge in [-0.05, 0) is 13.0 Å². The zero-order valence-electron chi connectivity index (χ0n) is 11.6. The van der Waals surface area contributed by atoms with Gasteiger partial charge >= 0.3 is 0 Å². The molecule has 0 saturated heterocycles. The van der Waals surface area contributed by atoms with Crippen molar-refractivity contribution in [2.45, 2.75) is 33.4 Å². The fourth-order valence-electron chi connectivity index (χ4n) is 2.04. The number of nitrogens with zero attached hydrogens (tertiary/aromatic N) is 4. The van der Waals surface area contributed by atoms with Gasteiger partial charge in [-0.2, -0.15) is 5.10 Å². The third-order valence-corrected chi connectivity index (χ3v) is 3.59. The molecule has 0 fully saturated rings. The van der Waals surface area contributed by atoms with Crippen molar-refractivity contribution in [1.29, 1.82) is 0 Å². The third kappa shape index (κ3) is 2.98. The first-order valence-corrected chi connectivity index (χ1v) is 6.96. The molecule has 0 bridgehead atoms. The van der Waals surface area contributed by atoms with Gasteiger partial charge in [0.2, 0.25) is 0 Å². The molecule has 0 radical (unpaired) electrons. The molecule has 0 aliphatic heterocycles. The van der Waals surface area contributed by atoms with E-state index in [9.17, 15) is 0 Å². The van der Waals surface area contributed by atoms with Gasteiger partial charge in [0.1, 0.15) is 5.82 Å². The van der Waals surface area contributed by atoms with Crippen molar-refractivity contribution in [2.24, 2.45) is 7.05 Å². The molecule has 0 unspecified atom stereocenters. The van der Waals surface area contributed by atoms with E-state index in [1.54, 1.807) is 0 Å². The SMILES string of the molecule is CCNCc1nccn1Cc1c(Cl)c(CC)nn1C. The zero-order valence-corrected chi connectivity index (χ0v) is 12.4. The number of rotatable bonds is 6. The second-order valence-corrected chi connectivity index (χ2v) is 4.81. The van der Waals surface area contributed by atoms with Gasteiger partial charge in [-0.15, -0.1) is 0 Å². The van der Waals surface area contributed by atoms with Gasteiger partial charge < -0.3 is 9.88 Å². The van der Waals surface area contributed by atoms with E-state index < -0.39 is 0 Å². The minimum atomic E-state index is 0.697. The summed E-state index contributed by atoms with van der Waals surface area (Å²) < 4.78 is 3.96. The first kappa shape index (κ1) is 14.1. The van der Waals surface area contributed by atoms with E-state index in [0.29, 0.717) is 6.54 Å². The van der Waals surface area contributed by atoms with Gasteiger partial charge in [0.15, 0.2) is 0 Å². The molecule has 2 aromatic rings. The predicted octanol–water partition coefficient (Wildman–Crippen LogP) is 1.99. The molecular formula is C13H20ClN5. The Balaban J connectivity index is 2.21. The smallest absolute Gasteiger partial charge is 0.123 e. The Bertz CT molecular complexity index is 543. The number of hydrogen-bond donors (Lipinski definition) is 1. The van der Waals surface area contributed by atoms with E-state index in [-0.39, 0.29) is 0 Å². The Morgan fingerprint density at radius 1 is 1.37 bits per heavy atom. The van der Waals surface area contributed by atoms with Crippen LogP contribution in [0.1, 0.15) is 31.1 Å². The van der Waals surface area contributed by atoms with Crippen LogP contribution >= 0.6 is 11.6 Å². The Morgan fingerprint density at radius 2 is 2.16 bits per heavy atom. The van der Waals surface area contributed by atoms with Crippen LogP contribution < -0.4 is 5.32 Å². The summed E-state index contributed by atoms with van der Waals surface area (Å²) in [5.41, 5.74) is 1.97. The molecule has 5 nitrogen and oxygen atoms in total. The first-order chi connectivity index (χ1) is 9.17. The van der Waals surface area contributed by atoms with Gasteiger partial charge in [0, 0.05) is 19.4 Å². The molecule has 0 spiro atoms. The molecule has 0 aromatic carbocycles. The highest BCUT2D eigenvalue weighted by Gasteiger charge is 2.14. The first-order valence-electron chi connectivity index (χ1n) is 6.58. The quantitative estimate of drug-likeness (QED) is 0.881. The van der Waals surface area contributed by atoms with Crippen molar-refractivity contribution < 1.29 is 0 Å². The zero-order chi connectivity index (χ0) is 13.8. The van der Waals surface area contributed by atoms with Gasteiger partial charge in [0.25, 0.3) is 0 Å². The molecule has 0 aliphatic rings. The lowest BCUT2D eigenvalue weighted by molar-refractivity contribution is 0.610. The second-order valence-electron chi connectivity index (χ2n) is 4.44. The lowest BCUT2D eigenvalue weighted by Gasteiger charge is -2.09. The molecule has 2 heterocycles. The van der Waals surface area contributed by atoms with Gasteiger partial charge in [-0.1, -0.05) is 25.4 Å². The van der Waals surface area contributed by atoms with E-state index in [4.69, 9.17) is 11.6 Å². The summed E-state index contributed by atoms with van der Waals surface area (Å²) in [4.78, 5) is 4.36. The van der Waals surface area contributed by atoms with E-state index in [0.717, 1.165) is 41.7 Å². The van der Waals surface area contributed by atoms with Crippen LogP contribution in [0.25, 0.3) is 0 Å². The summed E-state index contributed by atoms with van der Waals surface area (Å²) in [5, 5.41) is 8.49. The van der Waals surface area contributed by atoms with Crippen molar-refractivity contribution in [3.05, 3.63) is 34.6 Å². The number of aromatic nitrogens is 4. The third-order valence-electron chi connectivity index (χ3n) is 3.16. The largest absolute Gasteiger partial charge is 0.328 e. The highest BCUT2D eigenvalue weighted by molar-refractivity contribution is 6.31. The van der Waals surface area contributed by atoms with Crippen molar-refractivity contribution in [1.82, 2.24) is 24.6 Å². The van der Waals surface area contributed by atoms with Crippen molar-refractivity contribution in [2.75, 3.05) is 6.54 Å². The molecule has 2 rings (SSSR count). The molecular weight excluding hydrogens is 262 g/mol. The highest BCUT2D eigenvalue weighted by atomic mass is 35.5. The molecule has 0 saturated carbocycles. The maximum absolute atomic E-state index is 6.37. The van der Waals surface area contributed by atoms with Crippen molar-refractivity contribution in [3.8, 4) is 0 Å². The van der Waals surface area contributed by atoms with Crippen LogP contribution in [0.5, 0.6) is 0 Å². The Hall–Kier alpha value is -1.33. The molecule has 19 heavy (non-hydrogen) atoms. The summed E-state index contributed by atoms with van der Waals surface area (Å²) in [6, 6.07) is 0. The van der Waals surface area contributed by atoms with E-state index >= 15 is 0 Å². The molecule has 1 N–H and O–H groups in total. The Labute approximate surface area is 118 Å². The number of aryl methyl sites for hydroxylation is 2. The van der Waals surface area contributed by atoms with E-state index in [1.165, 1.54) is 0 Å². The highest BCUT2D eigenvalue weighted by Crippen LogP contribution is 2.22. The number of halogens is 1. The van der Waals surface area contributed by atoms with Crippen LogP contribution in [0.15, 0.2) is 12.4 Å². The molecule has 0 atom stereocenters. The summed E-state index contributed by atoms with van der Waals surface area (Å²) in [5.74, 6) is 1.01. The molecule has 2 aromatic heterocycles. The number of hydrogen-bond acceptors (Lipinski definition) is 3. The lowest BCUT2D eigenvalue weighted by Crippen LogP contribution is -2.17. The van der Waals surface area contributed by atoms with Crippen molar-refractivity contribution in [3.63, 3.8) is 0 Å². The second kappa shape index (κ2) is 6.21. The molecule has 0 aliphatic carbocycles. The van der Waals surface area contributed by atoms with Crippen LogP contribution in [-0.4, -0.2) is 25.9 Å². The standard InChI is InChI=1S/C13H20ClN5/c1-4-10-13(14)11(18(3)17-10)9-19-7-6-16-12(19)8-15-5-2/h6-7,15H,4-5,8-9H2,1-3H3. The number of imidazole rings is 1. The van der Waals surface area contributed by atoms with Crippen LogP contribution in [0.2, 0.25) is 5.02 Å². The van der Waals surface area contributed by atoms with Gasteiger partial charge in [-0.25, -0.2) is 4.98 Å². The molecule has 0 amide bonds. The predicted molar refractivity (Wildman–Crippen MR) is 76.3 cm³/mol. The minimum absolute atomic E-state index is 0.697. The molecule has 104 valence electrons. The fourth-order valence-corrected chi connectivity index (χ4v) is 2.39. The summed E-state index contributed by atoms with van der Waals surface area (Å²) in [6.07, 6.45) is 4.64. The van der Waals surface area contributed by atoms with Crippen LogP contribution in [0.3, 0.4) is 0 Å². The average Bonchev–Trinajstić information content (AvgIpc) is 2.95. The fraction of sp³-hybridized carbons (Fsp3) is 0.538. The normalized spacial score (nSPS) is 11.2. The summed E-state index contributed by atoms with van der Waals surface area (Å²) in [7, 11) is 1.93. The van der Waals surface area contributed by atoms with Gasteiger partial charge in [-0.3, -0.25) is 4.68 Å². The van der Waals surface area contributed by atoms with Crippen LogP contribution in [-0.2, 0) is 26.6 Å². The van der Waals surface area contributed by atoms with E-state index in [2.05, 4.69) is 33.8 Å².